The summed E-state index contributed by atoms with van der Waals surface area (Å²) >= 11 is 0. The Hall–Kier alpha value is -2.13. The Kier molecular flexibility index (Phi) is 5.12. The van der Waals surface area contributed by atoms with Crippen LogP contribution in [-0.2, 0) is 16.8 Å². The van der Waals surface area contributed by atoms with E-state index in [0.717, 1.165) is 12.0 Å². The molecule has 0 aliphatic heterocycles. The van der Waals surface area contributed by atoms with Crippen molar-refractivity contribution in [2.45, 2.75) is 25.3 Å². The molecular weight excluding hydrogens is 260 g/mol. The number of nitrogens with two attached hydrogens (primary N) is 1. The van der Waals surface area contributed by atoms with Gasteiger partial charge in [-0.25, -0.2) is 0 Å². The van der Waals surface area contributed by atoms with Gasteiger partial charge in [0.05, 0.1) is 5.54 Å². The minimum absolute atomic E-state index is 0.0141. The molecule has 1 atom stereocenters. The number of carbonyl (C=O) groups excluding carboxylic acids is 1. The maximum atomic E-state index is 12.0. The summed E-state index contributed by atoms with van der Waals surface area (Å²) in [6, 6.07) is 20.3. The summed E-state index contributed by atoms with van der Waals surface area (Å²) in [5.41, 5.74) is 7.33. The summed E-state index contributed by atoms with van der Waals surface area (Å²) < 4.78 is 0. The molecule has 0 aromatic heterocycles. The Bertz CT molecular complexity index is 568. The molecule has 0 aliphatic carbocycles. The Morgan fingerprint density at radius 2 is 1.62 bits per heavy atom. The highest BCUT2D eigenvalue weighted by molar-refractivity contribution is 5.77. The van der Waals surface area contributed by atoms with Crippen LogP contribution in [0.1, 0.15) is 24.5 Å². The Labute approximate surface area is 126 Å². The summed E-state index contributed by atoms with van der Waals surface area (Å²) in [6.07, 6.45) is 1.09. The van der Waals surface area contributed by atoms with Crippen molar-refractivity contribution in [1.82, 2.24) is 5.32 Å². The van der Waals surface area contributed by atoms with Crippen LogP contribution in [0.25, 0.3) is 0 Å². The van der Waals surface area contributed by atoms with E-state index in [0.29, 0.717) is 13.0 Å². The average molecular weight is 282 g/mol. The summed E-state index contributed by atoms with van der Waals surface area (Å²) in [4.78, 5) is 12.0. The third-order valence-electron chi connectivity index (χ3n) is 3.60. The first-order chi connectivity index (χ1) is 10.1. The van der Waals surface area contributed by atoms with Crippen LogP contribution in [0, 0.1) is 0 Å². The van der Waals surface area contributed by atoms with E-state index in [1.54, 1.807) is 0 Å². The number of carbonyl (C=O) groups is 1. The lowest BCUT2D eigenvalue weighted by Gasteiger charge is -2.32. The third kappa shape index (κ3) is 4.17. The molecule has 3 nitrogen and oxygen atoms in total. The summed E-state index contributed by atoms with van der Waals surface area (Å²) in [7, 11) is 0. The van der Waals surface area contributed by atoms with Crippen LogP contribution in [0.15, 0.2) is 60.7 Å². The fourth-order valence-electron chi connectivity index (χ4n) is 2.53. The van der Waals surface area contributed by atoms with Gasteiger partial charge in [0.15, 0.2) is 0 Å². The molecule has 0 spiro atoms. The normalized spacial score (nSPS) is 13.4. The number of nitrogens with one attached hydrogen (secondary N) is 1. The fourth-order valence-corrected chi connectivity index (χ4v) is 2.53. The van der Waals surface area contributed by atoms with E-state index < -0.39 is 5.54 Å². The maximum Gasteiger partial charge on any atom is 0.221 e. The first kappa shape index (κ1) is 15.3. The number of amides is 1. The van der Waals surface area contributed by atoms with Gasteiger partial charge < -0.3 is 11.1 Å². The molecule has 0 saturated heterocycles. The zero-order chi connectivity index (χ0) is 15.1. The quantitative estimate of drug-likeness (QED) is 0.855. The molecule has 3 heteroatoms. The van der Waals surface area contributed by atoms with Gasteiger partial charge in [0.1, 0.15) is 0 Å². The number of rotatable bonds is 6. The molecule has 2 rings (SSSR count). The molecular formula is C18H22N2O. The van der Waals surface area contributed by atoms with Gasteiger partial charge in [0, 0.05) is 13.0 Å². The molecule has 1 amide bonds. The van der Waals surface area contributed by atoms with E-state index in [9.17, 15) is 4.79 Å². The van der Waals surface area contributed by atoms with Crippen molar-refractivity contribution in [1.29, 1.82) is 0 Å². The van der Waals surface area contributed by atoms with E-state index >= 15 is 0 Å². The molecule has 110 valence electrons. The van der Waals surface area contributed by atoms with E-state index in [4.69, 9.17) is 5.73 Å². The van der Waals surface area contributed by atoms with Crippen LogP contribution in [0.3, 0.4) is 0 Å². The van der Waals surface area contributed by atoms with Crippen LogP contribution in [-0.4, -0.2) is 12.5 Å². The third-order valence-corrected chi connectivity index (χ3v) is 3.60. The van der Waals surface area contributed by atoms with Crippen molar-refractivity contribution in [2.75, 3.05) is 6.54 Å². The SMILES string of the molecule is CC(Cc1ccccc1)(NC(=O)CCN)c1ccccc1. The Morgan fingerprint density at radius 3 is 2.19 bits per heavy atom. The molecule has 0 fully saturated rings. The lowest BCUT2D eigenvalue weighted by Crippen LogP contribution is -2.45. The lowest BCUT2D eigenvalue weighted by atomic mass is 9.85. The van der Waals surface area contributed by atoms with E-state index in [1.807, 2.05) is 48.5 Å². The molecule has 0 saturated carbocycles. The molecule has 0 radical (unpaired) electrons. The van der Waals surface area contributed by atoms with Gasteiger partial charge in [-0.1, -0.05) is 60.7 Å². The van der Waals surface area contributed by atoms with Gasteiger partial charge >= 0.3 is 0 Å². The molecule has 0 bridgehead atoms. The van der Waals surface area contributed by atoms with Gasteiger partial charge in [0.25, 0.3) is 0 Å². The monoisotopic (exact) mass is 282 g/mol. The zero-order valence-electron chi connectivity index (χ0n) is 12.4. The molecule has 2 aromatic carbocycles. The zero-order valence-corrected chi connectivity index (χ0v) is 12.4. The first-order valence-electron chi connectivity index (χ1n) is 7.24. The minimum Gasteiger partial charge on any atom is -0.346 e. The molecule has 3 N–H and O–H groups in total. The summed E-state index contributed by atoms with van der Waals surface area (Å²) in [5.74, 6) is -0.0141. The van der Waals surface area contributed by atoms with E-state index in [1.165, 1.54) is 5.56 Å². The van der Waals surface area contributed by atoms with Crippen molar-refractivity contribution >= 4 is 5.91 Å². The minimum atomic E-state index is -0.436. The summed E-state index contributed by atoms with van der Waals surface area (Å²) in [5, 5.41) is 3.14. The van der Waals surface area contributed by atoms with Crippen LogP contribution in [0.2, 0.25) is 0 Å². The van der Waals surface area contributed by atoms with Crippen molar-refractivity contribution in [2.24, 2.45) is 5.73 Å². The van der Waals surface area contributed by atoms with Crippen molar-refractivity contribution in [3.63, 3.8) is 0 Å². The van der Waals surface area contributed by atoms with Gasteiger partial charge in [-0.3, -0.25) is 4.79 Å². The van der Waals surface area contributed by atoms with Gasteiger partial charge in [-0.05, 0) is 24.5 Å². The maximum absolute atomic E-state index is 12.0. The van der Waals surface area contributed by atoms with E-state index in [-0.39, 0.29) is 5.91 Å². The van der Waals surface area contributed by atoms with Gasteiger partial charge in [-0.15, -0.1) is 0 Å². The van der Waals surface area contributed by atoms with Gasteiger partial charge in [-0.2, -0.15) is 0 Å². The topological polar surface area (TPSA) is 55.1 Å². The number of benzene rings is 2. The highest BCUT2D eigenvalue weighted by atomic mass is 16.1. The molecule has 0 heterocycles. The Balaban J connectivity index is 2.27. The van der Waals surface area contributed by atoms with Gasteiger partial charge in [0.2, 0.25) is 5.91 Å². The van der Waals surface area contributed by atoms with Crippen LogP contribution in [0.4, 0.5) is 0 Å². The molecule has 1 unspecified atom stereocenters. The van der Waals surface area contributed by atoms with Crippen LogP contribution in [0.5, 0.6) is 0 Å². The van der Waals surface area contributed by atoms with Crippen LogP contribution >= 0.6 is 0 Å². The smallest absolute Gasteiger partial charge is 0.221 e. The van der Waals surface area contributed by atoms with Crippen molar-refractivity contribution in [3.05, 3.63) is 71.8 Å². The van der Waals surface area contributed by atoms with Crippen molar-refractivity contribution in [3.8, 4) is 0 Å². The highest BCUT2D eigenvalue weighted by Gasteiger charge is 2.28. The molecule has 21 heavy (non-hydrogen) atoms. The standard InChI is InChI=1S/C18H22N2O/c1-18(20-17(21)12-13-19,16-10-6-3-7-11-16)14-15-8-4-2-5-9-15/h2-11H,12-14,19H2,1H3,(H,20,21). The second-order valence-corrected chi connectivity index (χ2v) is 5.45. The number of hydrogen-bond donors (Lipinski definition) is 2. The molecule has 0 aliphatic rings. The second-order valence-electron chi connectivity index (χ2n) is 5.45. The summed E-state index contributed by atoms with van der Waals surface area (Å²) in [6.45, 7) is 2.42. The predicted molar refractivity (Wildman–Crippen MR) is 85.8 cm³/mol. The Morgan fingerprint density at radius 1 is 1.05 bits per heavy atom. The van der Waals surface area contributed by atoms with E-state index in [2.05, 4.69) is 24.4 Å². The fraction of sp³-hybridized carbons (Fsp3) is 0.278. The lowest BCUT2D eigenvalue weighted by molar-refractivity contribution is -0.122. The second kappa shape index (κ2) is 7.04. The largest absolute Gasteiger partial charge is 0.346 e. The average Bonchev–Trinajstić information content (AvgIpc) is 2.49. The van der Waals surface area contributed by atoms with Crippen molar-refractivity contribution < 1.29 is 4.79 Å². The van der Waals surface area contributed by atoms with Crippen LogP contribution < -0.4 is 11.1 Å². The number of hydrogen-bond acceptors (Lipinski definition) is 2. The molecule has 2 aromatic rings. The predicted octanol–water partition coefficient (Wildman–Crippen LogP) is 2.61. The highest BCUT2D eigenvalue weighted by Crippen LogP contribution is 2.25. The first-order valence-corrected chi connectivity index (χ1v) is 7.24.